The van der Waals surface area contributed by atoms with E-state index in [4.69, 9.17) is 5.73 Å². The predicted molar refractivity (Wildman–Crippen MR) is 91.6 cm³/mol. The molecule has 1 unspecified atom stereocenters. The maximum absolute atomic E-state index is 6.05. The van der Waals surface area contributed by atoms with Gasteiger partial charge in [0.05, 0.1) is 6.04 Å². The lowest BCUT2D eigenvalue weighted by molar-refractivity contribution is 0.598. The monoisotopic (exact) mass is 301 g/mol. The number of nitrogens with one attached hydrogen (secondary N) is 1. The first kappa shape index (κ1) is 15.9. The summed E-state index contributed by atoms with van der Waals surface area (Å²) in [7, 11) is 0. The quantitative estimate of drug-likeness (QED) is 0.762. The van der Waals surface area contributed by atoms with Crippen molar-refractivity contribution in [2.24, 2.45) is 0 Å². The molecule has 0 amide bonds. The number of anilines is 1. The van der Waals surface area contributed by atoms with Crippen LogP contribution in [0, 0.1) is 0 Å². The van der Waals surface area contributed by atoms with E-state index in [1.165, 1.54) is 10.5 Å². The molecular weight excluding hydrogens is 278 g/mol. The van der Waals surface area contributed by atoms with Crippen LogP contribution in [0.5, 0.6) is 0 Å². The van der Waals surface area contributed by atoms with Gasteiger partial charge in [0.25, 0.3) is 0 Å². The van der Waals surface area contributed by atoms with Crippen molar-refractivity contribution in [2.75, 3.05) is 18.0 Å². The first-order chi connectivity index (χ1) is 10.3. The minimum Gasteiger partial charge on any atom is -0.383 e. The summed E-state index contributed by atoms with van der Waals surface area (Å²) in [6, 6.07) is 12.8. The Morgan fingerprint density at radius 2 is 1.95 bits per heavy atom. The Bertz CT molecular complexity index is 554. The molecule has 21 heavy (non-hydrogen) atoms. The Morgan fingerprint density at radius 1 is 1.19 bits per heavy atom. The van der Waals surface area contributed by atoms with Gasteiger partial charge in [-0.15, -0.1) is 11.8 Å². The van der Waals surface area contributed by atoms with Gasteiger partial charge in [0, 0.05) is 16.7 Å². The Balaban J connectivity index is 2.29. The zero-order valence-corrected chi connectivity index (χ0v) is 13.5. The number of benzene rings is 1. The van der Waals surface area contributed by atoms with Crippen molar-refractivity contribution in [1.29, 1.82) is 0 Å². The van der Waals surface area contributed by atoms with Crippen molar-refractivity contribution in [3.8, 4) is 0 Å². The minimum absolute atomic E-state index is 0.0966. The zero-order chi connectivity index (χ0) is 15.1. The summed E-state index contributed by atoms with van der Waals surface area (Å²) < 4.78 is 0. The van der Waals surface area contributed by atoms with Crippen LogP contribution in [0.4, 0.5) is 5.82 Å². The van der Waals surface area contributed by atoms with Crippen LogP contribution < -0.4 is 11.1 Å². The van der Waals surface area contributed by atoms with Crippen LogP contribution >= 0.6 is 11.8 Å². The molecule has 0 radical (unpaired) electrons. The summed E-state index contributed by atoms with van der Waals surface area (Å²) in [6.07, 6.45) is 2.82. The summed E-state index contributed by atoms with van der Waals surface area (Å²) in [5.41, 5.74) is 8.32. The van der Waals surface area contributed by atoms with Gasteiger partial charge in [0.15, 0.2) is 0 Å². The van der Waals surface area contributed by atoms with Gasteiger partial charge in [-0.3, -0.25) is 0 Å². The molecule has 0 aliphatic heterocycles. The summed E-state index contributed by atoms with van der Waals surface area (Å²) in [5.74, 6) is 1.69. The van der Waals surface area contributed by atoms with Crippen molar-refractivity contribution in [3.05, 3.63) is 53.7 Å². The average molecular weight is 301 g/mol. The summed E-state index contributed by atoms with van der Waals surface area (Å²) in [5, 5.41) is 3.57. The molecule has 0 spiro atoms. The third kappa shape index (κ3) is 4.22. The van der Waals surface area contributed by atoms with Gasteiger partial charge in [0.2, 0.25) is 0 Å². The van der Waals surface area contributed by atoms with Gasteiger partial charge in [-0.1, -0.05) is 32.0 Å². The van der Waals surface area contributed by atoms with Crippen LogP contribution in [0.25, 0.3) is 0 Å². The molecular formula is C17H23N3S. The van der Waals surface area contributed by atoms with E-state index >= 15 is 0 Å². The second-order valence-corrected chi connectivity index (χ2v) is 6.20. The second-order valence-electron chi connectivity index (χ2n) is 4.87. The van der Waals surface area contributed by atoms with Crippen molar-refractivity contribution in [2.45, 2.75) is 31.2 Å². The first-order valence-electron chi connectivity index (χ1n) is 7.42. The molecule has 0 saturated carbocycles. The highest BCUT2D eigenvalue weighted by Gasteiger charge is 2.16. The Morgan fingerprint density at radius 3 is 2.57 bits per heavy atom. The highest BCUT2D eigenvalue weighted by molar-refractivity contribution is 7.99. The molecule has 1 aromatic carbocycles. The molecule has 0 aliphatic carbocycles. The van der Waals surface area contributed by atoms with Gasteiger partial charge < -0.3 is 11.1 Å². The molecule has 2 aromatic rings. The van der Waals surface area contributed by atoms with Crippen LogP contribution in [0.15, 0.2) is 47.5 Å². The van der Waals surface area contributed by atoms with E-state index in [9.17, 15) is 0 Å². The van der Waals surface area contributed by atoms with E-state index in [0.29, 0.717) is 5.82 Å². The number of pyridine rings is 1. The van der Waals surface area contributed by atoms with E-state index < -0.39 is 0 Å². The molecule has 0 bridgehead atoms. The topological polar surface area (TPSA) is 50.9 Å². The predicted octanol–water partition coefficient (Wildman–Crippen LogP) is 3.86. The van der Waals surface area contributed by atoms with E-state index in [-0.39, 0.29) is 6.04 Å². The molecule has 0 fully saturated rings. The third-order valence-corrected chi connectivity index (χ3v) is 4.20. The number of aromatic nitrogens is 1. The fraction of sp³-hybridized carbons (Fsp3) is 0.353. The molecule has 3 N–H and O–H groups in total. The lowest BCUT2D eigenvalue weighted by Gasteiger charge is -2.20. The highest BCUT2D eigenvalue weighted by atomic mass is 32.2. The second kappa shape index (κ2) is 8.05. The fourth-order valence-electron chi connectivity index (χ4n) is 2.29. The van der Waals surface area contributed by atoms with E-state index in [0.717, 1.165) is 24.3 Å². The smallest absolute Gasteiger partial charge is 0.128 e. The average Bonchev–Trinajstić information content (AvgIpc) is 2.51. The van der Waals surface area contributed by atoms with Crippen LogP contribution in [0.2, 0.25) is 0 Å². The van der Waals surface area contributed by atoms with Crippen LogP contribution in [0.3, 0.4) is 0 Å². The van der Waals surface area contributed by atoms with Gasteiger partial charge in [-0.2, -0.15) is 0 Å². The van der Waals surface area contributed by atoms with Crippen molar-refractivity contribution >= 4 is 17.6 Å². The third-order valence-electron chi connectivity index (χ3n) is 3.31. The SMILES string of the molecule is CCCNC(c1ccc(SCC)cc1)c1cccnc1N. The molecule has 3 nitrogen and oxygen atoms in total. The standard InChI is InChI=1S/C17H23N3S/c1-3-11-19-16(15-6-5-12-20-17(15)18)13-7-9-14(10-8-13)21-4-2/h5-10,12,16,19H,3-4,11H2,1-2H3,(H2,18,20). The summed E-state index contributed by atoms with van der Waals surface area (Å²) >= 11 is 1.86. The number of nitrogen functional groups attached to an aromatic ring is 1. The number of thioether (sulfide) groups is 1. The van der Waals surface area contributed by atoms with Gasteiger partial charge in [0.1, 0.15) is 5.82 Å². The maximum Gasteiger partial charge on any atom is 0.128 e. The van der Waals surface area contributed by atoms with Gasteiger partial charge in [-0.05, 0) is 42.5 Å². The van der Waals surface area contributed by atoms with Crippen LogP contribution in [-0.2, 0) is 0 Å². The van der Waals surface area contributed by atoms with E-state index in [1.807, 2.05) is 23.9 Å². The van der Waals surface area contributed by atoms with Crippen molar-refractivity contribution in [1.82, 2.24) is 10.3 Å². The Kier molecular flexibility index (Phi) is 6.08. The number of nitrogens with zero attached hydrogens (tertiary/aromatic N) is 1. The van der Waals surface area contributed by atoms with Crippen molar-refractivity contribution < 1.29 is 0 Å². The summed E-state index contributed by atoms with van der Waals surface area (Å²) in [4.78, 5) is 5.51. The lowest BCUT2D eigenvalue weighted by Crippen LogP contribution is -2.24. The highest BCUT2D eigenvalue weighted by Crippen LogP contribution is 2.27. The van der Waals surface area contributed by atoms with Gasteiger partial charge >= 0.3 is 0 Å². The first-order valence-corrected chi connectivity index (χ1v) is 8.41. The maximum atomic E-state index is 6.05. The van der Waals surface area contributed by atoms with Gasteiger partial charge in [-0.25, -0.2) is 4.98 Å². The molecule has 2 rings (SSSR count). The van der Waals surface area contributed by atoms with Crippen molar-refractivity contribution in [3.63, 3.8) is 0 Å². The molecule has 1 atom stereocenters. The molecule has 4 heteroatoms. The molecule has 1 heterocycles. The normalized spacial score (nSPS) is 12.3. The minimum atomic E-state index is 0.0966. The lowest BCUT2D eigenvalue weighted by atomic mass is 9.99. The zero-order valence-electron chi connectivity index (χ0n) is 12.7. The Hall–Kier alpha value is -1.52. The number of hydrogen-bond acceptors (Lipinski definition) is 4. The number of rotatable bonds is 7. The molecule has 112 valence electrons. The number of nitrogens with two attached hydrogens (primary N) is 1. The van der Waals surface area contributed by atoms with E-state index in [1.54, 1.807) is 6.20 Å². The van der Waals surface area contributed by atoms with Crippen LogP contribution in [0.1, 0.15) is 37.4 Å². The largest absolute Gasteiger partial charge is 0.383 e. The molecule has 0 aliphatic rings. The molecule has 1 aromatic heterocycles. The van der Waals surface area contributed by atoms with E-state index in [2.05, 4.69) is 48.4 Å². The Labute approximate surface area is 131 Å². The molecule has 0 saturated heterocycles. The number of hydrogen-bond donors (Lipinski definition) is 2. The van der Waals surface area contributed by atoms with Crippen LogP contribution in [-0.4, -0.2) is 17.3 Å². The summed E-state index contributed by atoms with van der Waals surface area (Å²) in [6.45, 7) is 5.28. The fourth-order valence-corrected chi connectivity index (χ4v) is 2.96.